The minimum atomic E-state index is -0.494. The van der Waals surface area contributed by atoms with Gasteiger partial charge < -0.3 is 14.5 Å². The van der Waals surface area contributed by atoms with Gasteiger partial charge in [0.25, 0.3) is 11.2 Å². The molecule has 1 heterocycles. The quantitative estimate of drug-likeness (QED) is 0.383. The summed E-state index contributed by atoms with van der Waals surface area (Å²) in [5.74, 6) is 0.816. The number of nitrogens with one attached hydrogen (secondary N) is 1. The number of unbranched alkanes of at least 4 members (excludes halogenated alkanes) is 1. The molecule has 0 aliphatic rings. The summed E-state index contributed by atoms with van der Waals surface area (Å²) in [5.41, 5.74) is -0.157. The Hall–Kier alpha value is -2.57. The number of ether oxygens (including phenoxy) is 2. The monoisotopic (exact) mass is 362 g/mol. The van der Waals surface area contributed by atoms with Crippen molar-refractivity contribution in [2.75, 3.05) is 13.2 Å². The number of nitro groups is 1. The molecule has 7 nitrogen and oxygen atoms in total. The van der Waals surface area contributed by atoms with E-state index >= 15 is 0 Å². The van der Waals surface area contributed by atoms with Crippen LogP contribution in [0.15, 0.2) is 23.0 Å². The van der Waals surface area contributed by atoms with E-state index in [4.69, 9.17) is 9.47 Å². The molecule has 0 fully saturated rings. The van der Waals surface area contributed by atoms with Crippen LogP contribution in [0.4, 0.5) is 5.69 Å². The van der Waals surface area contributed by atoms with Gasteiger partial charge in [0, 0.05) is 17.5 Å². The highest BCUT2D eigenvalue weighted by atomic mass is 16.6. The zero-order chi connectivity index (χ0) is 19.1. The summed E-state index contributed by atoms with van der Waals surface area (Å²) in [4.78, 5) is 25.7. The summed E-state index contributed by atoms with van der Waals surface area (Å²) in [6, 6.07) is 4.33. The molecular weight excluding hydrogens is 336 g/mol. The predicted molar refractivity (Wildman–Crippen MR) is 101 cm³/mol. The van der Waals surface area contributed by atoms with E-state index in [0.29, 0.717) is 35.8 Å². The van der Waals surface area contributed by atoms with Crippen LogP contribution in [0.25, 0.3) is 10.9 Å². The summed E-state index contributed by atoms with van der Waals surface area (Å²) in [5, 5.41) is 11.6. The van der Waals surface area contributed by atoms with Crippen molar-refractivity contribution < 1.29 is 14.4 Å². The van der Waals surface area contributed by atoms with Crippen molar-refractivity contribution in [3.8, 4) is 11.5 Å². The summed E-state index contributed by atoms with van der Waals surface area (Å²) in [6.07, 6.45) is 3.84. The maximum absolute atomic E-state index is 12.5. The number of nitrogens with zero attached hydrogens (tertiary/aromatic N) is 1. The van der Waals surface area contributed by atoms with Crippen LogP contribution in [0.3, 0.4) is 0 Å². The van der Waals surface area contributed by atoms with E-state index < -0.39 is 10.5 Å². The van der Waals surface area contributed by atoms with Crippen LogP contribution in [0.5, 0.6) is 11.5 Å². The molecular formula is C19H26N2O5. The molecule has 0 radical (unpaired) electrons. The van der Waals surface area contributed by atoms with Crippen LogP contribution in [-0.4, -0.2) is 23.1 Å². The summed E-state index contributed by atoms with van der Waals surface area (Å²) in [7, 11) is 0. The fourth-order valence-electron chi connectivity index (χ4n) is 2.75. The molecule has 0 saturated heterocycles. The number of pyridine rings is 1. The third kappa shape index (κ3) is 4.74. The second kappa shape index (κ2) is 9.22. The van der Waals surface area contributed by atoms with E-state index in [2.05, 4.69) is 18.8 Å². The average molecular weight is 362 g/mol. The molecule has 142 valence electrons. The van der Waals surface area contributed by atoms with Crippen LogP contribution in [0, 0.1) is 16.0 Å². The first-order valence-electron chi connectivity index (χ1n) is 9.07. The molecule has 26 heavy (non-hydrogen) atoms. The van der Waals surface area contributed by atoms with Crippen molar-refractivity contribution in [2.24, 2.45) is 5.92 Å². The predicted octanol–water partition coefficient (Wildman–Crippen LogP) is 4.43. The standard InChI is InChI=1S/C19H26N2O5/c1-4-6-10-25-17-15-9-8-14(21(23)24)11-16(15)20-19(22)18(17)26-12-13(3)7-5-2/h8-9,11,13H,4-7,10,12H2,1-3H3,(H,20,22). The van der Waals surface area contributed by atoms with Crippen molar-refractivity contribution >= 4 is 16.6 Å². The summed E-state index contributed by atoms with van der Waals surface area (Å²) < 4.78 is 11.6. The summed E-state index contributed by atoms with van der Waals surface area (Å²) in [6.45, 7) is 7.09. The topological polar surface area (TPSA) is 94.5 Å². The molecule has 1 atom stereocenters. The van der Waals surface area contributed by atoms with E-state index in [-0.39, 0.29) is 11.4 Å². The van der Waals surface area contributed by atoms with Gasteiger partial charge >= 0.3 is 0 Å². The molecule has 0 aliphatic carbocycles. The molecule has 1 aromatic heterocycles. The molecule has 1 aromatic carbocycles. The molecule has 1 unspecified atom stereocenters. The van der Waals surface area contributed by atoms with E-state index in [9.17, 15) is 14.9 Å². The summed E-state index contributed by atoms with van der Waals surface area (Å²) >= 11 is 0. The van der Waals surface area contributed by atoms with Crippen LogP contribution in [0.2, 0.25) is 0 Å². The molecule has 2 rings (SSSR count). The number of fused-ring (bicyclic) bond motifs is 1. The highest BCUT2D eigenvalue weighted by Gasteiger charge is 2.19. The van der Waals surface area contributed by atoms with E-state index in [1.165, 1.54) is 12.1 Å². The van der Waals surface area contributed by atoms with Crippen LogP contribution in [0.1, 0.15) is 46.5 Å². The van der Waals surface area contributed by atoms with E-state index in [0.717, 1.165) is 25.7 Å². The minimum Gasteiger partial charge on any atom is -0.489 e. The maximum atomic E-state index is 12.5. The number of hydrogen-bond donors (Lipinski definition) is 1. The Kier molecular flexibility index (Phi) is 7.00. The van der Waals surface area contributed by atoms with Gasteiger partial charge in [-0.25, -0.2) is 0 Å². The Morgan fingerprint density at radius 2 is 1.96 bits per heavy atom. The van der Waals surface area contributed by atoms with Gasteiger partial charge in [-0.2, -0.15) is 0 Å². The second-order valence-electron chi connectivity index (χ2n) is 6.51. The van der Waals surface area contributed by atoms with Crippen molar-refractivity contribution in [1.82, 2.24) is 4.98 Å². The molecule has 7 heteroatoms. The Bertz CT molecular complexity index is 815. The Labute approximate surface area is 152 Å². The van der Waals surface area contributed by atoms with Crippen molar-refractivity contribution in [1.29, 1.82) is 0 Å². The fourth-order valence-corrected chi connectivity index (χ4v) is 2.75. The molecule has 0 amide bonds. The first kappa shape index (κ1) is 19.8. The van der Waals surface area contributed by atoms with Crippen molar-refractivity contribution in [2.45, 2.75) is 46.5 Å². The van der Waals surface area contributed by atoms with Gasteiger partial charge in [-0.15, -0.1) is 0 Å². The van der Waals surface area contributed by atoms with E-state index in [1.807, 2.05) is 6.92 Å². The number of H-pyrrole nitrogens is 1. The van der Waals surface area contributed by atoms with Crippen LogP contribution < -0.4 is 15.0 Å². The highest BCUT2D eigenvalue weighted by molar-refractivity contribution is 5.88. The molecule has 1 N–H and O–H groups in total. The molecule has 2 aromatic rings. The van der Waals surface area contributed by atoms with Gasteiger partial charge in [0.05, 0.1) is 23.7 Å². The van der Waals surface area contributed by atoms with Gasteiger partial charge in [-0.1, -0.05) is 33.6 Å². The SMILES string of the molecule is CCCCOc1c(OCC(C)CCC)c(=O)[nH]c2cc([N+](=O)[O-])ccc12. The first-order valence-corrected chi connectivity index (χ1v) is 9.07. The average Bonchev–Trinajstić information content (AvgIpc) is 2.60. The van der Waals surface area contributed by atoms with Gasteiger partial charge in [0.1, 0.15) is 0 Å². The first-order chi connectivity index (χ1) is 12.5. The maximum Gasteiger partial charge on any atom is 0.294 e. The lowest BCUT2D eigenvalue weighted by Gasteiger charge is -2.16. The van der Waals surface area contributed by atoms with Crippen molar-refractivity contribution in [3.63, 3.8) is 0 Å². The number of rotatable bonds is 10. The number of aromatic nitrogens is 1. The zero-order valence-electron chi connectivity index (χ0n) is 15.5. The number of non-ortho nitro benzene ring substituents is 1. The second-order valence-corrected chi connectivity index (χ2v) is 6.51. The normalized spacial score (nSPS) is 12.1. The minimum absolute atomic E-state index is 0.0853. The Balaban J connectivity index is 2.45. The molecule has 0 saturated carbocycles. The lowest BCUT2D eigenvalue weighted by atomic mass is 10.1. The fraction of sp³-hybridized carbons (Fsp3) is 0.526. The molecule has 0 aliphatic heterocycles. The lowest BCUT2D eigenvalue weighted by molar-refractivity contribution is -0.384. The number of nitro benzene ring substituents is 1. The third-order valence-corrected chi connectivity index (χ3v) is 4.16. The largest absolute Gasteiger partial charge is 0.489 e. The van der Waals surface area contributed by atoms with E-state index in [1.54, 1.807) is 6.07 Å². The Morgan fingerprint density at radius 3 is 2.62 bits per heavy atom. The smallest absolute Gasteiger partial charge is 0.294 e. The zero-order valence-corrected chi connectivity index (χ0v) is 15.5. The number of hydrogen-bond acceptors (Lipinski definition) is 5. The van der Waals surface area contributed by atoms with Crippen LogP contribution in [-0.2, 0) is 0 Å². The molecule has 0 bridgehead atoms. The Morgan fingerprint density at radius 1 is 1.19 bits per heavy atom. The van der Waals surface area contributed by atoms with Gasteiger partial charge in [-0.3, -0.25) is 14.9 Å². The number of aromatic amines is 1. The molecule has 0 spiro atoms. The number of benzene rings is 1. The van der Waals surface area contributed by atoms with Gasteiger partial charge in [0.15, 0.2) is 5.75 Å². The lowest BCUT2D eigenvalue weighted by Crippen LogP contribution is -2.17. The van der Waals surface area contributed by atoms with Gasteiger partial charge in [-0.05, 0) is 24.8 Å². The highest BCUT2D eigenvalue weighted by Crippen LogP contribution is 2.33. The van der Waals surface area contributed by atoms with Crippen molar-refractivity contribution in [3.05, 3.63) is 38.7 Å². The third-order valence-electron chi connectivity index (χ3n) is 4.16. The van der Waals surface area contributed by atoms with Crippen LogP contribution >= 0.6 is 0 Å². The van der Waals surface area contributed by atoms with Gasteiger partial charge in [0.2, 0.25) is 5.75 Å².